The number of alkyl halides is 3. The lowest BCUT2D eigenvalue weighted by atomic mass is 10.1. The first-order valence-corrected chi connectivity index (χ1v) is 9.62. The fourth-order valence-corrected chi connectivity index (χ4v) is 3.54. The van der Waals surface area contributed by atoms with Crippen molar-refractivity contribution in [1.29, 1.82) is 0 Å². The number of nitrogens with zero attached hydrogens (tertiary/aromatic N) is 5. The van der Waals surface area contributed by atoms with E-state index in [1.165, 1.54) is 7.11 Å². The molecule has 0 atom stereocenters. The molecule has 6 nitrogen and oxygen atoms in total. The summed E-state index contributed by atoms with van der Waals surface area (Å²) in [6.07, 6.45) is -0.994. The van der Waals surface area contributed by atoms with Crippen molar-refractivity contribution in [3.8, 4) is 17.0 Å². The first-order chi connectivity index (χ1) is 13.7. The number of rotatable bonds is 6. The molecule has 0 bridgehead atoms. The van der Waals surface area contributed by atoms with Crippen molar-refractivity contribution >= 4 is 11.3 Å². The molecule has 3 rings (SSSR count). The summed E-state index contributed by atoms with van der Waals surface area (Å²) in [5.41, 5.74) is 1.59. The van der Waals surface area contributed by atoms with E-state index in [0.717, 1.165) is 30.9 Å². The SMILES string of the molecule is CCc1nc2c(nc1-c1cnc(C(F)(F)F)cc1OC)nc(C)n2C(CC)CC. The van der Waals surface area contributed by atoms with Crippen LogP contribution in [0, 0.1) is 6.92 Å². The van der Waals surface area contributed by atoms with Gasteiger partial charge in [0.25, 0.3) is 0 Å². The third-order valence-corrected chi connectivity index (χ3v) is 5.05. The monoisotopic (exact) mass is 407 g/mol. The van der Waals surface area contributed by atoms with Crippen LogP contribution in [0.2, 0.25) is 0 Å². The first-order valence-electron chi connectivity index (χ1n) is 9.62. The molecule has 0 saturated carbocycles. The molecule has 0 amide bonds. The standard InChI is InChI=1S/C20H24F3N5O/c1-6-12(7-2)28-11(4)25-18-19(28)26-14(8-3)17(27-18)13-10-24-16(20(21,22)23)9-15(13)29-5/h9-10,12H,6-8H2,1-5H3. The quantitative estimate of drug-likeness (QED) is 0.566. The average Bonchev–Trinajstić information content (AvgIpc) is 3.01. The summed E-state index contributed by atoms with van der Waals surface area (Å²) in [6, 6.07) is 1.14. The Balaban J connectivity index is 2.23. The molecular weight excluding hydrogens is 383 g/mol. The third kappa shape index (κ3) is 3.77. The number of hydrogen-bond acceptors (Lipinski definition) is 5. The van der Waals surface area contributed by atoms with E-state index in [1.54, 1.807) is 0 Å². The summed E-state index contributed by atoms with van der Waals surface area (Å²) in [6.45, 7) is 8.06. The lowest BCUT2D eigenvalue weighted by molar-refractivity contribution is -0.141. The van der Waals surface area contributed by atoms with Gasteiger partial charge < -0.3 is 9.30 Å². The first kappa shape index (κ1) is 21.0. The van der Waals surface area contributed by atoms with Crippen molar-refractivity contribution in [2.24, 2.45) is 0 Å². The van der Waals surface area contributed by atoms with Crippen LogP contribution in [-0.4, -0.2) is 31.6 Å². The van der Waals surface area contributed by atoms with Crippen LogP contribution in [0.15, 0.2) is 12.3 Å². The van der Waals surface area contributed by atoms with Crippen LogP contribution in [0.25, 0.3) is 22.6 Å². The summed E-state index contributed by atoms with van der Waals surface area (Å²) < 4.78 is 46.4. The molecule has 0 aliphatic heterocycles. The second-order valence-electron chi connectivity index (χ2n) is 6.79. The van der Waals surface area contributed by atoms with Crippen LogP contribution >= 0.6 is 0 Å². The maximum Gasteiger partial charge on any atom is 0.433 e. The van der Waals surface area contributed by atoms with Gasteiger partial charge in [-0.2, -0.15) is 13.2 Å². The van der Waals surface area contributed by atoms with E-state index in [2.05, 4.69) is 33.4 Å². The van der Waals surface area contributed by atoms with Gasteiger partial charge in [0.05, 0.1) is 24.1 Å². The molecule has 3 aromatic rings. The Morgan fingerprint density at radius 2 is 1.79 bits per heavy atom. The average molecular weight is 407 g/mol. The molecule has 0 aliphatic rings. The minimum absolute atomic E-state index is 0.0480. The molecule has 156 valence electrons. The zero-order valence-electron chi connectivity index (χ0n) is 17.1. The van der Waals surface area contributed by atoms with Gasteiger partial charge in [0, 0.05) is 18.3 Å². The zero-order chi connectivity index (χ0) is 21.3. The van der Waals surface area contributed by atoms with Crippen molar-refractivity contribution in [2.45, 2.75) is 59.2 Å². The Hall–Kier alpha value is -2.71. The van der Waals surface area contributed by atoms with Crippen molar-refractivity contribution in [2.75, 3.05) is 7.11 Å². The molecule has 0 unspecified atom stereocenters. The van der Waals surface area contributed by atoms with E-state index in [4.69, 9.17) is 9.72 Å². The highest BCUT2D eigenvalue weighted by Crippen LogP contribution is 2.36. The van der Waals surface area contributed by atoms with Crippen LogP contribution in [0.3, 0.4) is 0 Å². The van der Waals surface area contributed by atoms with E-state index in [1.807, 2.05) is 13.8 Å². The number of fused-ring (bicyclic) bond motifs is 1. The van der Waals surface area contributed by atoms with Gasteiger partial charge in [-0.25, -0.2) is 15.0 Å². The van der Waals surface area contributed by atoms with E-state index < -0.39 is 11.9 Å². The van der Waals surface area contributed by atoms with E-state index in [9.17, 15) is 13.2 Å². The highest BCUT2D eigenvalue weighted by molar-refractivity contribution is 5.76. The topological polar surface area (TPSA) is 65.7 Å². The van der Waals surface area contributed by atoms with Crippen LogP contribution in [0.4, 0.5) is 13.2 Å². The lowest BCUT2D eigenvalue weighted by Crippen LogP contribution is -2.11. The summed E-state index contributed by atoms with van der Waals surface area (Å²) in [5.74, 6) is 0.859. The summed E-state index contributed by atoms with van der Waals surface area (Å²) in [5, 5.41) is 0. The molecule has 0 radical (unpaired) electrons. The van der Waals surface area contributed by atoms with Gasteiger partial charge in [0.15, 0.2) is 11.3 Å². The van der Waals surface area contributed by atoms with Crippen LogP contribution in [0.1, 0.15) is 56.9 Å². The predicted molar refractivity (Wildman–Crippen MR) is 104 cm³/mol. The smallest absolute Gasteiger partial charge is 0.433 e. The zero-order valence-corrected chi connectivity index (χ0v) is 17.1. The van der Waals surface area contributed by atoms with Crippen molar-refractivity contribution in [3.63, 3.8) is 0 Å². The Kier molecular flexibility index (Phi) is 5.77. The Morgan fingerprint density at radius 3 is 2.34 bits per heavy atom. The molecular formula is C20H24F3N5O. The summed E-state index contributed by atoms with van der Waals surface area (Å²) in [4.78, 5) is 17.6. The predicted octanol–water partition coefficient (Wildman–Crippen LogP) is 5.15. The van der Waals surface area contributed by atoms with Crippen molar-refractivity contribution in [3.05, 3.63) is 29.5 Å². The highest BCUT2D eigenvalue weighted by atomic mass is 19.4. The number of aromatic nitrogens is 5. The molecule has 3 aromatic heterocycles. The number of pyridine rings is 1. The normalized spacial score (nSPS) is 12.2. The summed E-state index contributed by atoms with van der Waals surface area (Å²) in [7, 11) is 1.32. The van der Waals surface area contributed by atoms with E-state index >= 15 is 0 Å². The molecule has 0 aromatic carbocycles. The van der Waals surface area contributed by atoms with E-state index in [-0.39, 0.29) is 11.8 Å². The Labute approximate surface area is 167 Å². The molecule has 0 N–H and O–H groups in total. The molecule has 9 heteroatoms. The minimum atomic E-state index is -4.56. The Bertz CT molecular complexity index is 1030. The number of halogens is 3. The third-order valence-electron chi connectivity index (χ3n) is 5.05. The maximum atomic E-state index is 13.0. The molecule has 0 spiro atoms. The molecule has 0 saturated heterocycles. The second-order valence-corrected chi connectivity index (χ2v) is 6.79. The molecule has 29 heavy (non-hydrogen) atoms. The molecule has 0 aliphatic carbocycles. The number of hydrogen-bond donors (Lipinski definition) is 0. The van der Waals surface area contributed by atoms with Gasteiger partial charge in [-0.3, -0.25) is 4.98 Å². The molecule has 3 heterocycles. The highest BCUT2D eigenvalue weighted by Gasteiger charge is 2.34. The minimum Gasteiger partial charge on any atom is -0.496 e. The lowest BCUT2D eigenvalue weighted by Gasteiger charge is -2.17. The van der Waals surface area contributed by atoms with Gasteiger partial charge in [-0.15, -0.1) is 0 Å². The maximum absolute atomic E-state index is 13.0. The van der Waals surface area contributed by atoms with Crippen LogP contribution < -0.4 is 4.74 Å². The molecule has 0 fully saturated rings. The van der Waals surface area contributed by atoms with Gasteiger partial charge in [-0.1, -0.05) is 20.8 Å². The number of imidazole rings is 1. The number of methoxy groups -OCH3 is 1. The second kappa shape index (κ2) is 7.96. The fraction of sp³-hybridized carbons (Fsp3) is 0.500. The van der Waals surface area contributed by atoms with Gasteiger partial charge >= 0.3 is 6.18 Å². The van der Waals surface area contributed by atoms with Gasteiger partial charge in [0.1, 0.15) is 17.3 Å². The van der Waals surface area contributed by atoms with Gasteiger partial charge in [0.2, 0.25) is 0 Å². The van der Waals surface area contributed by atoms with Crippen molar-refractivity contribution < 1.29 is 17.9 Å². The van der Waals surface area contributed by atoms with Crippen LogP contribution in [0.5, 0.6) is 5.75 Å². The number of ether oxygens (including phenoxy) is 1. The fourth-order valence-electron chi connectivity index (χ4n) is 3.54. The van der Waals surface area contributed by atoms with E-state index in [0.29, 0.717) is 34.7 Å². The van der Waals surface area contributed by atoms with Crippen LogP contribution in [-0.2, 0) is 12.6 Å². The number of aryl methyl sites for hydroxylation is 2. The van der Waals surface area contributed by atoms with Crippen molar-refractivity contribution in [1.82, 2.24) is 24.5 Å². The Morgan fingerprint density at radius 1 is 1.10 bits per heavy atom. The van der Waals surface area contributed by atoms with Gasteiger partial charge in [-0.05, 0) is 26.2 Å². The summed E-state index contributed by atoms with van der Waals surface area (Å²) >= 11 is 0. The largest absolute Gasteiger partial charge is 0.496 e.